The van der Waals surface area contributed by atoms with Crippen LogP contribution in [0.1, 0.15) is 180 Å². The van der Waals surface area contributed by atoms with Gasteiger partial charge in [-0.25, -0.2) is 15.0 Å². The molecule has 1 aliphatic rings. The molecular weight excluding hydrogens is 2280 g/mol. The number of nitrogens with zero attached hydrogens (tertiary/aromatic N) is 12. The van der Waals surface area contributed by atoms with Crippen molar-refractivity contribution in [3.05, 3.63) is 411 Å². The number of aromatic nitrogens is 10. The summed E-state index contributed by atoms with van der Waals surface area (Å²) in [5, 5.41) is 13.7. The maximum atomic E-state index is 4.96. The Morgan fingerprint density at radius 2 is 0.718 bits per heavy atom. The van der Waals surface area contributed by atoms with Gasteiger partial charge in [0.05, 0.1) is 17.2 Å². The number of pyridine rings is 3. The summed E-state index contributed by atoms with van der Waals surface area (Å²) in [6.45, 7) is 40.4. The number of para-hydroxylation sites is 5. The predicted molar refractivity (Wildman–Crippen MR) is 579 cm³/mol. The monoisotopic (exact) mass is 2390 g/mol. The predicted octanol–water partition coefficient (Wildman–Crippen LogP) is 32.2. The summed E-state index contributed by atoms with van der Waals surface area (Å²) in [7, 11) is 2.03. The second-order valence-electron chi connectivity index (χ2n) is 41.2. The van der Waals surface area contributed by atoms with E-state index in [1.165, 1.54) is 77.3 Å². The number of fused-ring (bicyclic) bond motifs is 12. The van der Waals surface area contributed by atoms with Crippen molar-refractivity contribution in [3.63, 3.8) is 0 Å². The summed E-state index contributed by atoms with van der Waals surface area (Å²) in [5.74, 6) is 5.09. The largest absolute Gasteiger partial charge is 2.00 e. The molecule has 22 aromatic rings. The Kier molecular flexibility index (Phi) is 27.7. The van der Waals surface area contributed by atoms with Gasteiger partial charge in [-0.05, 0) is 174 Å². The van der Waals surface area contributed by atoms with E-state index in [1.54, 1.807) is 0 Å². The first-order chi connectivity index (χ1) is 67.1. The van der Waals surface area contributed by atoms with Crippen molar-refractivity contribution < 1.29 is 63.2 Å². The summed E-state index contributed by atoms with van der Waals surface area (Å²) in [6, 6.07) is 120. The van der Waals surface area contributed by atoms with Crippen LogP contribution in [-0.2, 0) is 79.4 Å². The Morgan fingerprint density at radius 1 is 0.317 bits per heavy atom. The van der Waals surface area contributed by atoms with Crippen LogP contribution in [0.2, 0.25) is 0 Å². The zero-order valence-corrected chi connectivity index (χ0v) is 90.2. The number of benzene rings is 14. The second-order valence-corrected chi connectivity index (χ2v) is 41.2. The van der Waals surface area contributed by atoms with Crippen molar-refractivity contribution in [2.24, 2.45) is 0 Å². The summed E-state index contributed by atoms with van der Waals surface area (Å²) in [4.78, 5) is 28.6. The molecular formula is C127H113N12Pt3-3. The molecule has 14 aromatic carbocycles. The zero-order chi connectivity index (χ0) is 96.2. The maximum absolute atomic E-state index is 4.96. The van der Waals surface area contributed by atoms with E-state index in [-0.39, 0.29) is 79.4 Å². The third-order valence-corrected chi connectivity index (χ3v) is 27.4. The molecule has 0 spiro atoms. The zero-order valence-electron chi connectivity index (χ0n) is 83.4. The van der Waals surface area contributed by atoms with Crippen LogP contribution >= 0.6 is 0 Å². The quantitative estimate of drug-likeness (QED) is 0.0944. The SMILES string of the molecule is CC(C)c1cccc(C(C)C)c1-n1ccnc1-c1[c-]c2c(-c3[c-]c(-n4c5ccccc5c5c(C(C)(C)C)ccnc54)ccc3)cccc2cc1.CC(C)c1cccc(C(C)C)c1-n1ccnc1-c1[c-]c2c(-c3[c-]c4c(cc3)c3ccccc3n4-c3cc(C(C)(C)C)ccn3)cccc2cc1.CN1C=CN(c2[c-]c3c(-c4[c-]c5c(cc4)c4ccccc4n5-c4cc(C(C)(C)C)ccn4)cccc3cc2)[CH-]1.[Pt+2].[Pt+2].[Pt]. The Morgan fingerprint density at radius 3 is 1.15 bits per heavy atom. The summed E-state index contributed by atoms with van der Waals surface area (Å²) >= 11 is 0. The molecule has 0 saturated heterocycles. The van der Waals surface area contributed by atoms with E-state index in [9.17, 15) is 0 Å². The van der Waals surface area contributed by atoms with Crippen LogP contribution in [0.15, 0.2) is 329 Å². The Labute approximate surface area is 877 Å². The topological polar surface area (TPSA) is 95.6 Å². The molecule has 8 aromatic heterocycles. The number of imidazole rings is 2. The minimum Gasteiger partial charge on any atom is -0.510 e. The van der Waals surface area contributed by atoms with Crippen molar-refractivity contribution in [3.8, 4) is 84.9 Å². The fourth-order valence-electron chi connectivity index (χ4n) is 20.3. The van der Waals surface area contributed by atoms with Gasteiger partial charge in [-0.3, -0.25) is 9.97 Å². The molecule has 0 unspecified atom stereocenters. The third-order valence-electron chi connectivity index (χ3n) is 27.4. The van der Waals surface area contributed by atoms with Gasteiger partial charge in [-0.1, -0.05) is 302 Å². The van der Waals surface area contributed by atoms with Crippen molar-refractivity contribution in [1.29, 1.82) is 0 Å². The molecule has 0 saturated carbocycles. The number of anilines is 1. The third kappa shape index (κ3) is 18.4. The molecule has 0 amide bonds. The van der Waals surface area contributed by atoms with Crippen LogP contribution < -0.4 is 4.90 Å². The number of hydrogen-bond donors (Lipinski definition) is 0. The average molecular weight is 2390 g/mol. The van der Waals surface area contributed by atoms with Crippen molar-refractivity contribution in [1.82, 2.24) is 52.7 Å². The van der Waals surface area contributed by atoms with E-state index in [1.807, 2.05) is 49.1 Å². The van der Waals surface area contributed by atoms with Crippen LogP contribution in [-0.4, -0.2) is 59.7 Å². The van der Waals surface area contributed by atoms with Gasteiger partial charge in [0.15, 0.2) is 0 Å². The van der Waals surface area contributed by atoms with Gasteiger partial charge in [-0.15, -0.1) is 170 Å². The molecule has 0 N–H and O–H groups in total. The Bertz CT molecular complexity index is 8510. The molecule has 0 fully saturated rings. The first-order valence-corrected chi connectivity index (χ1v) is 48.6. The van der Waals surface area contributed by atoms with Crippen molar-refractivity contribution in [2.45, 2.75) is 158 Å². The molecule has 12 nitrogen and oxygen atoms in total. The van der Waals surface area contributed by atoms with E-state index in [0.29, 0.717) is 23.7 Å². The standard InChI is InChI=1S/2C46H42N4.C35H29N4.3Pt/c1-29(2)35-17-12-18-36(30(3)4)43(35)49-26-25-48-44(49)33-22-21-31-13-11-19-37(39(31)28-33)32-14-10-15-34(27-32)50-41-20-9-8-16-38(41)42-40(46(5,6)7)23-24-47-45(42)50;1-29(2)35-14-11-15-36(30(3)4)44(35)49-25-24-48-45(49)33-19-18-31-12-10-16-37(40(31)26-33)32-20-21-39-38-13-8-9-17-41(38)50(42(39)27-32)43-28-34(22-23-47-43)46(5,6)7;1-35(2,3)26-16-17-36-34(21-26)39-32-11-6-5-9-29(32)30-15-13-25(20-33(30)39)28-10-7-8-24-12-14-27(22-31(24)28)38-19-18-37(4)23-38;;;/h8-26,29-30H,1-7H3;8-25,28-30H,1-7H3;5-19,21,23H,1-4H3;;;/q2*-2;-3;;2*+2. The van der Waals surface area contributed by atoms with Gasteiger partial charge in [0.2, 0.25) is 0 Å². The first kappa shape index (κ1) is 98.7. The molecule has 1 aliphatic heterocycles. The minimum absolute atomic E-state index is 0. The van der Waals surface area contributed by atoms with Crippen LogP contribution in [0.4, 0.5) is 5.69 Å². The van der Waals surface area contributed by atoms with Gasteiger partial charge < -0.3 is 32.6 Å². The fourth-order valence-corrected chi connectivity index (χ4v) is 20.3. The average Bonchev–Trinajstić information content (AvgIpc) is 1.58. The van der Waals surface area contributed by atoms with Crippen LogP contribution in [0.5, 0.6) is 0 Å². The molecule has 714 valence electrons. The van der Waals surface area contributed by atoms with Crippen LogP contribution in [0.3, 0.4) is 0 Å². The molecule has 0 atom stereocenters. The van der Waals surface area contributed by atoms with Crippen LogP contribution in [0.25, 0.3) is 183 Å². The number of hydrogen-bond acceptors (Lipinski definition) is 7. The molecule has 15 heteroatoms. The van der Waals surface area contributed by atoms with Crippen molar-refractivity contribution in [2.75, 3.05) is 11.9 Å². The maximum Gasteiger partial charge on any atom is 2.00 e. The smallest absolute Gasteiger partial charge is 0.510 e. The van der Waals surface area contributed by atoms with E-state index in [4.69, 9.17) is 24.9 Å². The minimum atomic E-state index is -0.0276. The molecule has 9 heterocycles. The second kappa shape index (κ2) is 39.8. The molecule has 142 heavy (non-hydrogen) atoms. The fraction of sp³-hybridized carbons (Fsp3) is 0.197. The van der Waals surface area contributed by atoms with Gasteiger partial charge in [0, 0.05) is 97.6 Å². The normalized spacial score (nSPS) is 12.4. The van der Waals surface area contributed by atoms with Gasteiger partial charge in [0.1, 0.15) is 17.3 Å². The first-order valence-electron chi connectivity index (χ1n) is 48.6. The van der Waals surface area contributed by atoms with Gasteiger partial charge in [0.25, 0.3) is 0 Å². The summed E-state index contributed by atoms with van der Waals surface area (Å²) < 4.78 is 11.3. The Hall–Kier alpha value is -13.5. The van der Waals surface area contributed by atoms with E-state index in [0.717, 1.165) is 150 Å². The molecule has 0 aliphatic carbocycles. The molecule has 0 bridgehead atoms. The van der Waals surface area contributed by atoms with Crippen LogP contribution in [0, 0.1) is 43.1 Å². The molecule has 23 rings (SSSR count). The van der Waals surface area contributed by atoms with Gasteiger partial charge >= 0.3 is 42.1 Å². The molecule has 0 radical (unpaired) electrons. The summed E-state index contributed by atoms with van der Waals surface area (Å²) in [5.41, 5.74) is 28.1. The van der Waals surface area contributed by atoms with E-state index < -0.39 is 0 Å². The van der Waals surface area contributed by atoms with Gasteiger partial charge in [-0.2, -0.15) is 6.67 Å². The van der Waals surface area contributed by atoms with E-state index in [2.05, 4.69) is 480 Å². The summed E-state index contributed by atoms with van der Waals surface area (Å²) in [6.07, 6.45) is 17.9. The van der Waals surface area contributed by atoms with Crippen molar-refractivity contribution >= 4 is 104 Å². The number of rotatable bonds is 15. The Balaban J connectivity index is 0.000000140. The van der Waals surface area contributed by atoms with E-state index >= 15 is 0 Å².